The highest BCUT2D eigenvalue weighted by Crippen LogP contribution is 2.20. The molecule has 0 bridgehead atoms. The molecule has 0 saturated carbocycles. The van der Waals surface area contributed by atoms with E-state index in [1.165, 1.54) is 22.9 Å². The second-order valence-corrected chi connectivity index (χ2v) is 4.85. The van der Waals surface area contributed by atoms with Crippen LogP contribution in [0.3, 0.4) is 0 Å². The Balaban J connectivity index is 2.13. The lowest BCUT2D eigenvalue weighted by molar-refractivity contribution is -0.117. The molecule has 106 valence electrons. The molecule has 7 heteroatoms. The number of amides is 1. The maximum Gasteiger partial charge on any atom is 0.246 e. The average Bonchev–Trinajstić information content (AvgIpc) is 2.61. The summed E-state index contributed by atoms with van der Waals surface area (Å²) >= 11 is 5.76. The standard InChI is InChI=1S/C13H14ClFN4O/c1-7-13(16)8(2)19(18-7)6-12(20)17-11-5-9(14)3-4-10(11)15/h3-5H,6,16H2,1-2H3,(H,17,20). The molecule has 2 rings (SSSR count). The van der Waals surface area contributed by atoms with E-state index in [4.69, 9.17) is 17.3 Å². The number of hydrogen-bond donors (Lipinski definition) is 2. The summed E-state index contributed by atoms with van der Waals surface area (Å²) in [6.07, 6.45) is 0. The molecule has 0 fully saturated rings. The normalized spacial score (nSPS) is 10.6. The molecule has 2 aromatic rings. The van der Waals surface area contributed by atoms with E-state index in [0.29, 0.717) is 22.1 Å². The first-order valence-corrected chi connectivity index (χ1v) is 6.30. The van der Waals surface area contributed by atoms with Gasteiger partial charge in [0.2, 0.25) is 5.91 Å². The van der Waals surface area contributed by atoms with Crippen LogP contribution < -0.4 is 11.1 Å². The van der Waals surface area contributed by atoms with Crippen LogP contribution in [0.25, 0.3) is 0 Å². The number of rotatable bonds is 3. The molecular formula is C13H14ClFN4O. The largest absolute Gasteiger partial charge is 0.396 e. The highest BCUT2D eigenvalue weighted by atomic mass is 35.5. The van der Waals surface area contributed by atoms with Gasteiger partial charge in [-0.1, -0.05) is 11.6 Å². The first kappa shape index (κ1) is 14.3. The van der Waals surface area contributed by atoms with E-state index in [2.05, 4.69) is 10.4 Å². The van der Waals surface area contributed by atoms with Gasteiger partial charge in [-0.15, -0.1) is 0 Å². The molecule has 1 aromatic heterocycles. The first-order valence-electron chi connectivity index (χ1n) is 5.93. The summed E-state index contributed by atoms with van der Waals surface area (Å²) in [5.74, 6) is -0.951. The van der Waals surface area contributed by atoms with E-state index in [1.807, 2.05) is 0 Å². The maximum absolute atomic E-state index is 13.5. The van der Waals surface area contributed by atoms with E-state index in [-0.39, 0.29) is 12.2 Å². The SMILES string of the molecule is Cc1nn(CC(=O)Nc2cc(Cl)ccc2F)c(C)c1N. The fourth-order valence-electron chi connectivity index (χ4n) is 1.78. The zero-order chi connectivity index (χ0) is 14.9. The van der Waals surface area contributed by atoms with Gasteiger partial charge in [0.1, 0.15) is 12.4 Å². The van der Waals surface area contributed by atoms with Crippen LogP contribution in [0.15, 0.2) is 18.2 Å². The van der Waals surface area contributed by atoms with Crippen LogP contribution in [-0.2, 0) is 11.3 Å². The molecule has 1 heterocycles. The minimum Gasteiger partial charge on any atom is -0.396 e. The Bertz CT molecular complexity index is 669. The van der Waals surface area contributed by atoms with Crippen molar-refractivity contribution in [2.24, 2.45) is 0 Å². The van der Waals surface area contributed by atoms with Crippen LogP contribution in [0.1, 0.15) is 11.4 Å². The van der Waals surface area contributed by atoms with Crippen molar-refractivity contribution >= 4 is 28.9 Å². The lowest BCUT2D eigenvalue weighted by Gasteiger charge is -2.08. The number of nitrogens with two attached hydrogens (primary N) is 1. The van der Waals surface area contributed by atoms with E-state index < -0.39 is 11.7 Å². The Labute approximate surface area is 120 Å². The topological polar surface area (TPSA) is 72.9 Å². The lowest BCUT2D eigenvalue weighted by atomic mass is 10.3. The minimum atomic E-state index is -0.546. The summed E-state index contributed by atoms with van der Waals surface area (Å²) in [5, 5.41) is 6.94. The van der Waals surface area contributed by atoms with Crippen LogP contribution >= 0.6 is 11.6 Å². The predicted molar refractivity (Wildman–Crippen MR) is 76.2 cm³/mol. The van der Waals surface area contributed by atoms with Crippen molar-refractivity contribution in [3.05, 3.63) is 40.4 Å². The van der Waals surface area contributed by atoms with Gasteiger partial charge in [0.15, 0.2) is 0 Å². The van der Waals surface area contributed by atoms with E-state index in [1.54, 1.807) is 13.8 Å². The summed E-state index contributed by atoms with van der Waals surface area (Å²) in [4.78, 5) is 11.9. The molecule has 0 radical (unpaired) electrons. The van der Waals surface area contributed by atoms with Gasteiger partial charge in [-0.3, -0.25) is 9.48 Å². The zero-order valence-corrected chi connectivity index (χ0v) is 11.8. The Morgan fingerprint density at radius 2 is 2.20 bits per heavy atom. The van der Waals surface area contributed by atoms with Gasteiger partial charge in [-0.05, 0) is 32.0 Å². The molecule has 20 heavy (non-hydrogen) atoms. The van der Waals surface area contributed by atoms with Gasteiger partial charge in [0.25, 0.3) is 0 Å². The molecule has 3 N–H and O–H groups in total. The van der Waals surface area contributed by atoms with Gasteiger partial charge >= 0.3 is 0 Å². The molecule has 0 aliphatic carbocycles. The summed E-state index contributed by atoms with van der Waals surface area (Å²) in [7, 11) is 0. The number of halogens is 2. The van der Waals surface area contributed by atoms with Crippen molar-refractivity contribution in [1.82, 2.24) is 9.78 Å². The number of aromatic nitrogens is 2. The van der Waals surface area contributed by atoms with Crippen molar-refractivity contribution in [3.63, 3.8) is 0 Å². The van der Waals surface area contributed by atoms with Crippen molar-refractivity contribution in [2.45, 2.75) is 20.4 Å². The van der Waals surface area contributed by atoms with Crippen LogP contribution in [-0.4, -0.2) is 15.7 Å². The van der Waals surface area contributed by atoms with Crippen molar-refractivity contribution in [1.29, 1.82) is 0 Å². The number of benzene rings is 1. The Hall–Kier alpha value is -2.08. The van der Waals surface area contributed by atoms with Gasteiger partial charge in [-0.25, -0.2) is 4.39 Å². The first-order chi connectivity index (χ1) is 9.38. The van der Waals surface area contributed by atoms with Gasteiger partial charge in [-0.2, -0.15) is 5.10 Å². The molecule has 0 unspecified atom stereocenters. The highest BCUT2D eigenvalue weighted by Gasteiger charge is 2.13. The van der Waals surface area contributed by atoms with E-state index >= 15 is 0 Å². The number of nitrogens with one attached hydrogen (secondary N) is 1. The summed E-state index contributed by atoms with van der Waals surface area (Å²) in [5.41, 5.74) is 7.72. The monoisotopic (exact) mass is 296 g/mol. The number of nitrogens with zero attached hydrogens (tertiary/aromatic N) is 2. The van der Waals surface area contributed by atoms with Crippen molar-refractivity contribution in [2.75, 3.05) is 11.1 Å². The minimum absolute atomic E-state index is 0.0389. The average molecular weight is 297 g/mol. The second-order valence-electron chi connectivity index (χ2n) is 4.41. The van der Waals surface area contributed by atoms with Crippen LogP contribution in [0.2, 0.25) is 5.02 Å². The number of aryl methyl sites for hydroxylation is 1. The van der Waals surface area contributed by atoms with E-state index in [9.17, 15) is 9.18 Å². The Kier molecular flexibility index (Phi) is 3.94. The fourth-order valence-corrected chi connectivity index (χ4v) is 1.96. The van der Waals surface area contributed by atoms with Crippen LogP contribution in [0, 0.1) is 19.7 Å². The molecule has 0 spiro atoms. The van der Waals surface area contributed by atoms with Gasteiger partial charge < -0.3 is 11.1 Å². The predicted octanol–water partition coefficient (Wildman–Crippen LogP) is 2.51. The van der Waals surface area contributed by atoms with Crippen molar-refractivity contribution in [3.8, 4) is 0 Å². The third-order valence-electron chi connectivity index (χ3n) is 2.93. The number of carbonyl (C=O) groups is 1. The van der Waals surface area contributed by atoms with Gasteiger partial charge in [0.05, 0.1) is 22.8 Å². The summed E-state index contributed by atoms with van der Waals surface area (Å²) < 4.78 is 15.0. The summed E-state index contributed by atoms with van der Waals surface area (Å²) in [6, 6.07) is 3.96. The molecule has 0 saturated heterocycles. The lowest BCUT2D eigenvalue weighted by Crippen LogP contribution is -2.21. The maximum atomic E-state index is 13.5. The molecule has 5 nitrogen and oxygen atoms in total. The molecule has 1 aromatic carbocycles. The van der Waals surface area contributed by atoms with Crippen molar-refractivity contribution < 1.29 is 9.18 Å². The van der Waals surface area contributed by atoms with Crippen LogP contribution in [0.4, 0.5) is 15.8 Å². The Morgan fingerprint density at radius 3 is 2.80 bits per heavy atom. The smallest absolute Gasteiger partial charge is 0.246 e. The van der Waals surface area contributed by atoms with E-state index in [0.717, 1.165) is 0 Å². The molecule has 1 amide bonds. The Morgan fingerprint density at radius 1 is 1.50 bits per heavy atom. The quantitative estimate of drug-likeness (QED) is 0.914. The van der Waals surface area contributed by atoms with Crippen LogP contribution in [0.5, 0.6) is 0 Å². The number of carbonyl (C=O) groups excluding carboxylic acids is 1. The third kappa shape index (κ3) is 2.91. The highest BCUT2D eigenvalue weighted by molar-refractivity contribution is 6.30. The second kappa shape index (κ2) is 5.50. The van der Waals surface area contributed by atoms with Gasteiger partial charge in [0, 0.05) is 5.02 Å². The third-order valence-corrected chi connectivity index (χ3v) is 3.17. The number of nitrogen functional groups attached to an aromatic ring is 1. The number of anilines is 2. The molecular weight excluding hydrogens is 283 g/mol. The molecule has 0 aliphatic rings. The fraction of sp³-hybridized carbons (Fsp3) is 0.231. The summed E-state index contributed by atoms with van der Waals surface area (Å²) in [6.45, 7) is 3.48. The zero-order valence-electron chi connectivity index (χ0n) is 11.1. The molecule has 0 atom stereocenters. The molecule has 0 aliphatic heterocycles. The number of hydrogen-bond acceptors (Lipinski definition) is 3.